The molecule has 0 radical (unpaired) electrons. The van der Waals surface area contributed by atoms with E-state index in [2.05, 4.69) is 27.6 Å². The van der Waals surface area contributed by atoms with Gasteiger partial charge in [0.1, 0.15) is 18.2 Å². The molecule has 0 bridgehead atoms. The molecule has 4 aromatic rings. The first-order valence-corrected chi connectivity index (χ1v) is 16.2. The van der Waals surface area contributed by atoms with Crippen molar-refractivity contribution in [1.82, 2.24) is 4.57 Å². The topological polar surface area (TPSA) is 88.4 Å². The SMILES string of the molecule is CCOC(=O)C1=C(C)N=c2s/c(=C\c3ccc(OCc4ccc(F)cc4)c(I)c3)c(=O)n2[C@H]1c1ccc(OC(C)C)c(OC)c1. The minimum Gasteiger partial charge on any atom is -0.493 e. The number of fused-ring (bicyclic) bond motifs is 1. The van der Waals surface area contributed by atoms with Gasteiger partial charge in [-0.15, -0.1) is 0 Å². The van der Waals surface area contributed by atoms with Crippen molar-refractivity contribution in [3.05, 3.63) is 118 Å². The highest BCUT2D eigenvalue weighted by Gasteiger charge is 2.34. The number of allylic oxidation sites excluding steroid dienone is 1. The van der Waals surface area contributed by atoms with Crippen molar-refractivity contribution in [1.29, 1.82) is 0 Å². The molecule has 0 saturated heterocycles. The lowest BCUT2D eigenvalue weighted by Crippen LogP contribution is -2.40. The van der Waals surface area contributed by atoms with Gasteiger partial charge in [-0.3, -0.25) is 9.36 Å². The van der Waals surface area contributed by atoms with E-state index >= 15 is 0 Å². The van der Waals surface area contributed by atoms with Gasteiger partial charge in [-0.2, -0.15) is 0 Å². The monoisotopic (exact) mass is 742 g/mol. The number of halogens is 2. The molecule has 45 heavy (non-hydrogen) atoms. The number of esters is 1. The maximum Gasteiger partial charge on any atom is 0.338 e. The molecule has 1 aliphatic rings. The van der Waals surface area contributed by atoms with Crippen molar-refractivity contribution in [2.45, 2.75) is 46.4 Å². The number of rotatable bonds is 10. The van der Waals surface area contributed by atoms with Gasteiger partial charge in [0.25, 0.3) is 5.56 Å². The standard InChI is InChI=1S/C34H32FIN2O6S/c1-6-42-33(40)30-20(4)37-34-38(31(30)23-10-14-27(44-19(2)3)28(17-23)41-5)32(39)29(45-34)16-22-9-13-26(25(36)15-22)43-18-21-7-11-24(35)12-8-21/h7-17,19,31H,6,18H2,1-5H3/b29-16-/t31-/m0/s1. The van der Waals surface area contributed by atoms with Crippen LogP contribution in [0.5, 0.6) is 17.2 Å². The maximum absolute atomic E-state index is 14.0. The summed E-state index contributed by atoms with van der Waals surface area (Å²) in [5.41, 5.74) is 2.78. The quantitative estimate of drug-likeness (QED) is 0.148. The molecular formula is C34H32FIN2O6S. The fraction of sp³-hybridized carbons (Fsp3) is 0.265. The number of thiazole rings is 1. The van der Waals surface area contributed by atoms with Crippen molar-refractivity contribution in [2.75, 3.05) is 13.7 Å². The molecule has 3 aromatic carbocycles. The molecule has 0 spiro atoms. The summed E-state index contributed by atoms with van der Waals surface area (Å²) in [4.78, 5) is 32.4. The van der Waals surface area contributed by atoms with Gasteiger partial charge in [0, 0.05) is 0 Å². The molecule has 234 valence electrons. The first kappa shape index (κ1) is 32.4. The molecule has 1 atom stereocenters. The number of nitrogens with zero attached hydrogens (tertiary/aromatic N) is 2. The summed E-state index contributed by atoms with van der Waals surface area (Å²) in [6, 6.07) is 16.4. The predicted molar refractivity (Wildman–Crippen MR) is 179 cm³/mol. The molecular weight excluding hydrogens is 710 g/mol. The predicted octanol–water partition coefficient (Wildman–Crippen LogP) is 5.92. The van der Waals surface area contributed by atoms with Crippen molar-refractivity contribution < 1.29 is 28.1 Å². The second kappa shape index (κ2) is 14.0. The fourth-order valence-corrected chi connectivity index (χ4v) is 6.67. The van der Waals surface area contributed by atoms with Gasteiger partial charge in [-0.1, -0.05) is 35.6 Å². The molecule has 0 amide bonds. The second-order valence-corrected chi connectivity index (χ2v) is 12.7. The van der Waals surface area contributed by atoms with Crippen molar-refractivity contribution in [2.24, 2.45) is 4.99 Å². The van der Waals surface area contributed by atoms with Crippen LogP contribution in [0, 0.1) is 9.39 Å². The van der Waals surface area contributed by atoms with Crippen LogP contribution < -0.4 is 29.1 Å². The van der Waals surface area contributed by atoms with Crippen LogP contribution in [0.15, 0.2) is 81.7 Å². The number of hydrogen-bond donors (Lipinski definition) is 0. The molecule has 0 unspecified atom stereocenters. The molecule has 0 fully saturated rings. The molecule has 0 saturated carbocycles. The van der Waals surface area contributed by atoms with Crippen LogP contribution in [0.3, 0.4) is 0 Å². The largest absolute Gasteiger partial charge is 0.493 e. The van der Waals surface area contributed by atoms with Gasteiger partial charge >= 0.3 is 5.97 Å². The summed E-state index contributed by atoms with van der Waals surface area (Å²) in [7, 11) is 1.55. The number of benzene rings is 3. The molecule has 0 N–H and O–H groups in total. The average molecular weight is 743 g/mol. The molecule has 11 heteroatoms. The molecule has 0 aliphatic carbocycles. The van der Waals surface area contributed by atoms with E-state index in [1.54, 1.807) is 55.9 Å². The van der Waals surface area contributed by atoms with Crippen LogP contribution in [0.1, 0.15) is 50.4 Å². The summed E-state index contributed by atoms with van der Waals surface area (Å²) in [5, 5.41) is 0. The first-order valence-electron chi connectivity index (χ1n) is 14.3. The van der Waals surface area contributed by atoms with Crippen molar-refractivity contribution in [3.8, 4) is 17.2 Å². The zero-order valence-electron chi connectivity index (χ0n) is 25.4. The Labute approximate surface area is 277 Å². The van der Waals surface area contributed by atoms with E-state index in [4.69, 9.17) is 18.9 Å². The maximum atomic E-state index is 14.0. The third-order valence-electron chi connectivity index (χ3n) is 6.94. The van der Waals surface area contributed by atoms with E-state index in [0.717, 1.165) is 14.7 Å². The third kappa shape index (κ3) is 7.14. The van der Waals surface area contributed by atoms with Crippen LogP contribution in [0.2, 0.25) is 0 Å². The average Bonchev–Trinajstić information content (AvgIpc) is 3.30. The van der Waals surface area contributed by atoms with Crippen LogP contribution in [-0.2, 0) is 16.1 Å². The summed E-state index contributed by atoms with van der Waals surface area (Å²) in [6.07, 6.45) is 1.73. The van der Waals surface area contributed by atoms with Crippen molar-refractivity contribution in [3.63, 3.8) is 0 Å². The molecule has 1 aromatic heterocycles. The smallest absolute Gasteiger partial charge is 0.338 e. The number of carbonyl (C=O) groups excluding carboxylic acids is 1. The minimum absolute atomic E-state index is 0.0712. The van der Waals surface area contributed by atoms with Gasteiger partial charge in [0.05, 0.1) is 45.2 Å². The lowest BCUT2D eigenvalue weighted by Gasteiger charge is -2.25. The van der Waals surface area contributed by atoms with Gasteiger partial charge in [-0.25, -0.2) is 14.2 Å². The Morgan fingerprint density at radius 2 is 1.82 bits per heavy atom. The van der Waals surface area contributed by atoms with E-state index in [1.165, 1.54) is 23.5 Å². The van der Waals surface area contributed by atoms with E-state index < -0.39 is 12.0 Å². The summed E-state index contributed by atoms with van der Waals surface area (Å²) in [6.45, 7) is 7.80. The second-order valence-electron chi connectivity index (χ2n) is 10.5. The summed E-state index contributed by atoms with van der Waals surface area (Å²) >= 11 is 3.43. The van der Waals surface area contributed by atoms with E-state index in [0.29, 0.717) is 44.4 Å². The number of hydrogen-bond acceptors (Lipinski definition) is 8. The van der Waals surface area contributed by atoms with E-state index in [1.807, 2.05) is 38.1 Å². The minimum atomic E-state index is -0.785. The Morgan fingerprint density at radius 3 is 2.49 bits per heavy atom. The van der Waals surface area contributed by atoms with Crippen molar-refractivity contribution >= 4 is 46.0 Å². The molecule has 5 rings (SSSR count). The lowest BCUT2D eigenvalue weighted by atomic mass is 9.95. The van der Waals surface area contributed by atoms with Crippen LogP contribution >= 0.6 is 33.9 Å². The van der Waals surface area contributed by atoms with Gasteiger partial charge in [-0.05, 0) is 109 Å². The summed E-state index contributed by atoms with van der Waals surface area (Å²) in [5.74, 6) is 0.882. The van der Waals surface area contributed by atoms with E-state index in [9.17, 15) is 14.0 Å². The fourth-order valence-electron chi connectivity index (χ4n) is 4.93. The number of ether oxygens (including phenoxy) is 4. The zero-order valence-corrected chi connectivity index (χ0v) is 28.4. The number of carbonyl (C=O) groups is 1. The Bertz CT molecular complexity index is 1950. The molecule has 8 nitrogen and oxygen atoms in total. The van der Waals surface area contributed by atoms with Crippen LogP contribution in [0.25, 0.3) is 6.08 Å². The Kier molecular flexibility index (Phi) is 10.1. The third-order valence-corrected chi connectivity index (χ3v) is 8.77. The first-order chi connectivity index (χ1) is 21.6. The highest BCUT2D eigenvalue weighted by molar-refractivity contribution is 14.1. The van der Waals surface area contributed by atoms with E-state index in [-0.39, 0.29) is 29.7 Å². The van der Waals surface area contributed by atoms with Gasteiger partial charge in [0.2, 0.25) is 0 Å². The van der Waals surface area contributed by atoms with Gasteiger partial charge in [0.15, 0.2) is 16.3 Å². The van der Waals surface area contributed by atoms with Crippen LogP contribution in [0.4, 0.5) is 4.39 Å². The van der Waals surface area contributed by atoms with Gasteiger partial charge < -0.3 is 18.9 Å². The molecule has 2 heterocycles. The number of methoxy groups -OCH3 is 1. The lowest BCUT2D eigenvalue weighted by molar-refractivity contribution is -0.139. The number of aromatic nitrogens is 1. The Morgan fingerprint density at radius 1 is 1.09 bits per heavy atom. The normalized spacial score (nSPS) is 14.7. The zero-order chi connectivity index (χ0) is 32.2. The molecule has 1 aliphatic heterocycles. The van der Waals surface area contributed by atoms with Crippen LogP contribution in [-0.4, -0.2) is 30.4 Å². The Balaban J connectivity index is 1.54. The Hall–Kier alpha value is -3.97. The highest BCUT2D eigenvalue weighted by Crippen LogP contribution is 2.36. The summed E-state index contributed by atoms with van der Waals surface area (Å²) < 4.78 is 38.9. The highest BCUT2D eigenvalue weighted by atomic mass is 127.